The van der Waals surface area contributed by atoms with Crippen LogP contribution in [0.25, 0.3) is 0 Å². The van der Waals surface area contributed by atoms with E-state index in [4.69, 9.17) is 4.52 Å². The van der Waals surface area contributed by atoms with Gasteiger partial charge >= 0.3 is 13.6 Å². The van der Waals surface area contributed by atoms with Gasteiger partial charge in [0.1, 0.15) is 23.4 Å². The van der Waals surface area contributed by atoms with Crippen LogP contribution in [0.2, 0.25) is 0 Å². The maximum Gasteiger partial charge on any atom is 0.352 e. The van der Waals surface area contributed by atoms with Crippen molar-refractivity contribution >= 4 is 60.2 Å². The van der Waals surface area contributed by atoms with Crippen molar-refractivity contribution in [2.45, 2.75) is 36.2 Å². The molecule has 2 aliphatic rings. The van der Waals surface area contributed by atoms with Crippen LogP contribution in [0.3, 0.4) is 0 Å². The molecule has 2 aromatic rings. The van der Waals surface area contributed by atoms with Crippen molar-refractivity contribution < 1.29 is 33.5 Å². The number of fused-ring (bicyclic) bond motifs is 1. The summed E-state index contributed by atoms with van der Waals surface area (Å²) in [4.78, 5) is 49.1. The summed E-state index contributed by atoms with van der Waals surface area (Å²) >= 11 is 3.88. The summed E-state index contributed by atoms with van der Waals surface area (Å²) in [6.45, 7) is 1.63. The minimum Gasteiger partial charge on any atom is -0.477 e. The molecule has 4 heterocycles. The van der Waals surface area contributed by atoms with E-state index in [0.717, 1.165) is 21.3 Å². The fourth-order valence-corrected chi connectivity index (χ4v) is 7.72. The molecule has 1 unspecified atom stereocenters. The molecule has 0 aromatic carbocycles. The van der Waals surface area contributed by atoms with E-state index in [1.807, 2.05) is 17.5 Å². The van der Waals surface area contributed by atoms with Crippen LogP contribution in [0.15, 0.2) is 33.9 Å². The summed E-state index contributed by atoms with van der Waals surface area (Å²) in [6.07, 6.45) is -0.295. The van der Waals surface area contributed by atoms with Crippen LogP contribution < -0.4 is 5.32 Å². The highest BCUT2D eigenvalue weighted by atomic mass is 32.2. The standard InChI is InChI=1S/C18H21N6O7PS3/c1-2-31-32(29,30)9-23-18(20-21-22-23)35-8-10-7-34-16-13(15(26)24(16)14(10)17(27)28)19-12(25)6-11-4-3-5-33-11/h3-5,13,16H,2,6-9H2,1H3,(H,19,25)(H,27,28)(H,29,30)/t13-,16-/m1/s1. The van der Waals surface area contributed by atoms with E-state index in [-0.39, 0.29) is 35.5 Å². The molecule has 188 valence electrons. The maximum absolute atomic E-state index is 12.8. The topological polar surface area (TPSA) is 177 Å². The molecule has 0 spiro atoms. The van der Waals surface area contributed by atoms with Crippen LogP contribution in [0.5, 0.6) is 0 Å². The zero-order chi connectivity index (χ0) is 25.2. The number of hydrogen-bond acceptors (Lipinski definition) is 11. The highest BCUT2D eigenvalue weighted by Crippen LogP contribution is 2.44. The molecule has 1 saturated heterocycles. The summed E-state index contributed by atoms with van der Waals surface area (Å²) in [5.74, 6) is -1.57. The Balaban J connectivity index is 1.43. The van der Waals surface area contributed by atoms with Crippen molar-refractivity contribution in [1.29, 1.82) is 0 Å². The highest BCUT2D eigenvalue weighted by Gasteiger charge is 2.54. The fraction of sp³-hybridized carbons (Fsp3) is 0.444. The van der Waals surface area contributed by atoms with Gasteiger partial charge in [0.25, 0.3) is 5.91 Å². The van der Waals surface area contributed by atoms with E-state index in [2.05, 4.69) is 20.8 Å². The number of nitrogens with one attached hydrogen (secondary N) is 1. The molecule has 2 aliphatic heterocycles. The maximum atomic E-state index is 12.8. The summed E-state index contributed by atoms with van der Waals surface area (Å²) in [5, 5.41) is 25.1. The molecule has 2 amide bonds. The number of nitrogens with zero attached hydrogens (tertiary/aromatic N) is 5. The van der Waals surface area contributed by atoms with Crippen molar-refractivity contribution in [3.05, 3.63) is 33.7 Å². The number of carboxylic acid groups (broad SMARTS) is 1. The molecular weight excluding hydrogens is 539 g/mol. The first-order chi connectivity index (χ1) is 16.7. The molecule has 2 aromatic heterocycles. The Morgan fingerprint density at radius 1 is 1.43 bits per heavy atom. The van der Waals surface area contributed by atoms with Crippen LogP contribution in [-0.4, -0.2) is 82.4 Å². The Kier molecular flexibility index (Phi) is 7.98. The van der Waals surface area contributed by atoms with E-state index in [1.54, 1.807) is 6.92 Å². The van der Waals surface area contributed by atoms with Gasteiger partial charge in [0.2, 0.25) is 11.1 Å². The average Bonchev–Trinajstić information content (AvgIpc) is 3.46. The molecule has 3 atom stereocenters. The van der Waals surface area contributed by atoms with Gasteiger partial charge in [0.05, 0.1) is 13.0 Å². The number of aliphatic carboxylic acids is 1. The lowest BCUT2D eigenvalue weighted by Crippen LogP contribution is -2.70. The van der Waals surface area contributed by atoms with Gasteiger partial charge in [-0.05, 0) is 34.4 Å². The molecule has 0 radical (unpaired) electrons. The SMILES string of the molecule is CCOP(=O)(O)Cn1nnnc1SCC1=C(C(=O)O)N2C(=O)[C@@H](NC(=O)Cc3cccs3)[C@H]2SC1. The summed E-state index contributed by atoms with van der Waals surface area (Å²) < 4.78 is 18.0. The van der Waals surface area contributed by atoms with Crippen LogP contribution in [0.4, 0.5) is 0 Å². The van der Waals surface area contributed by atoms with Crippen LogP contribution >= 0.6 is 42.5 Å². The molecule has 17 heteroatoms. The largest absolute Gasteiger partial charge is 0.477 e. The van der Waals surface area contributed by atoms with E-state index >= 15 is 0 Å². The first-order valence-corrected chi connectivity index (χ1v) is 14.9. The van der Waals surface area contributed by atoms with Crippen molar-refractivity contribution in [2.75, 3.05) is 18.1 Å². The number of thioether (sulfide) groups is 2. The lowest BCUT2D eigenvalue weighted by atomic mass is 10.0. The van der Waals surface area contributed by atoms with Crippen LogP contribution in [-0.2, 0) is 36.2 Å². The van der Waals surface area contributed by atoms with E-state index in [9.17, 15) is 28.9 Å². The quantitative estimate of drug-likeness (QED) is 0.202. The van der Waals surface area contributed by atoms with Gasteiger partial charge in [-0.3, -0.25) is 19.1 Å². The Labute approximate surface area is 211 Å². The number of tetrazole rings is 1. The molecular formula is C18H21N6O7PS3. The van der Waals surface area contributed by atoms with E-state index in [0.29, 0.717) is 11.3 Å². The lowest BCUT2D eigenvalue weighted by Gasteiger charge is -2.49. The zero-order valence-corrected chi connectivity index (χ0v) is 21.6. The van der Waals surface area contributed by atoms with Gasteiger partial charge in [-0.15, -0.1) is 28.2 Å². The predicted octanol–water partition coefficient (Wildman–Crippen LogP) is 0.987. The number of β-lactam (4-membered cyclic amide) rings is 1. The van der Waals surface area contributed by atoms with Gasteiger partial charge in [0, 0.05) is 16.4 Å². The first kappa shape index (κ1) is 25.9. The van der Waals surface area contributed by atoms with Crippen LogP contribution in [0, 0.1) is 0 Å². The van der Waals surface area contributed by atoms with Crippen molar-refractivity contribution in [1.82, 2.24) is 30.4 Å². The molecule has 0 bridgehead atoms. The van der Waals surface area contributed by atoms with Crippen LogP contribution in [0.1, 0.15) is 11.8 Å². The van der Waals surface area contributed by atoms with Gasteiger partial charge in [-0.25, -0.2) is 9.48 Å². The van der Waals surface area contributed by atoms with Gasteiger partial charge in [-0.1, -0.05) is 17.8 Å². The Morgan fingerprint density at radius 3 is 2.91 bits per heavy atom. The smallest absolute Gasteiger partial charge is 0.352 e. The van der Waals surface area contributed by atoms with Gasteiger partial charge < -0.3 is 19.8 Å². The lowest BCUT2D eigenvalue weighted by molar-refractivity contribution is -0.150. The summed E-state index contributed by atoms with van der Waals surface area (Å²) in [6, 6.07) is 2.88. The van der Waals surface area contributed by atoms with Crippen molar-refractivity contribution in [3.63, 3.8) is 0 Å². The average molecular weight is 561 g/mol. The molecule has 1 fully saturated rings. The number of carboxylic acids is 1. The second-order valence-electron chi connectivity index (χ2n) is 7.41. The number of carbonyl (C=O) groups is 3. The van der Waals surface area contributed by atoms with Gasteiger partial charge in [-0.2, -0.15) is 0 Å². The number of rotatable bonds is 11. The van der Waals surface area contributed by atoms with Crippen molar-refractivity contribution in [2.24, 2.45) is 0 Å². The number of carbonyl (C=O) groups excluding carboxylic acids is 2. The van der Waals surface area contributed by atoms with Crippen molar-refractivity contribution in [3.8, 4) is 0 Å². The summed E-state index contributed by atoms with van der Waals surface area (Å²) in [5.41, 5.74) is 0.350. The highest BCUT2D eigenvalue weighted by molar-refractivity contribution is 8.01. The normalized spacial score (nSPS) is 21.3. The molecule has 4 rings (SSSR count). The third-order valence-corrected chi connectivity index (χ3v) is 9.55. The Morgan fingerprint density at radius 2 is 2.23 bits per heavy atom. The minimum absolute atomic E-state index is 0.0466. The Bertz CT molecular complexity index is 1200. The Hall–Kier alpha value is -2.23. The second-order valence-corrected chi connectivity index (χ2v) is 12.3. The third kappa shape index (κ3) is 5.78. The fourth-order valence-electron chi connectivity index (χ4n) is 3.54. The number of hydrogen-bond donors (Lipinski definition) is 3. The third-order valence-electron chi connectivity index (χ3n) is 5.00. The molecule has 3 N–H and O–H groups in total. The molecule has 0 saturated carbocycles. The van der Waals surface area contributed by atoms with E-state index in [1.165, 1.54) is 28.0 Å². The number of aromatic nitrogens is 4. The monoisotopic (exact) mass is 560 g/mol. The zero-order valence-electron chi connectivity index (χ0n) is 18.3. The minimum atomic E-state index is -3.94. The summed E-state index contributed by atoms with van der Waals surface area (Å²) in [7, 11) is -3.94. The second kappa shape index (κ2) is 10.8. The molecule has 13 nitrogen and oxygen atoms in total. The first-order valence-electron chi connectivity index (χ1n) is 10.3. The molecule has 0 aliphatic carbocycles. The predicted molar refractivity (Wildman–Crippen MR) is 128 cm³/mol. The van der Waals surface area contributed by atoms with E-state index < -0.39 is 37.2 Å². The number of thiophene rings is 1. The van der Waals surface area contributed by atoms with Gasteiger partial charge in [0.15, 0.2) is 0 Å². The molecule has 35 heavy (non-hydrogen) atoms. The number of amides is 2.